The van der Waals surface area contributed by atoms with Crippen LogP contribution in [0, 0.1) is 12.8 Å². The molecular weight excluding hydrogens is 396 g/mol. The van der Waals surface area contributed by atoms with Crippen LogP contribution in [0.1, 0.15) is 35.4 Å². The number of pyridine rings is 1. The first-order valence-corrected chi connectivity index (χ1v) is 10.2. The molecule has 5 heterocycles. The number of imidazole rings is 1. The average Bonchev–Trinajstić information content (AvgIpc) is 3.44. The first-order valence-electron chi connectivity index (χ1n) is 10.2. The number of anilines is 1. The van der Waals surface area contributed by atoms with E-state index in [0.717, 1.165) is 36.4 Å². The zero-order valence-electron chi connectivity index (χ0n) is 17.1. The van der Waals surface area contributed by atoms with Crippen LogP contribution in [-0.2, 0) is 4.74 Å². The van der Waals surface area contributed by atoms with Gasteiger partial charge in [0.2, 0.25) is 5.89 Å². The molecule has 0 aromatic carbocycles. The van der Waals surface area contributed by atoms with Gasteiger partial charge in [-0.15, -0.1) is 0 Å². The largest absolute Gasteiger partial charge is 0.443 e. The number of ether oxygens (including phenoxy) is 1. The quantitative estimate of drug-likeness (QED) is 0.490. The van der Waals surface area contributed by atoms with Gasteiger partial charge in [-0.2, -0.15) is 0 Å². The smallest absolute Gasteiger partial charge is 0.247 e. The van der Waals surface area contributed by atoms with Crippen LogP contribution < -0.4 is 5.73 Å². The molecule has 4 aromatic heterocycles. The van der Waals surface area contributed by atoms with E-state index < -0.39 is 0 Å². The lowest BCUT2D eigenvalue weighted by atomic mass is 9.95. The summed E-state index contributed by atoms with van der Waals surface area (Å²) in [6, 6.07) is 3.78. The van der Waals surface area contributed by atoms with Crippen LogP contribution in [0.15, 0.2) is 41.4 Å². The average molecular weight is 418 g/mol. The molecule has 1 unspecified atom stereocenters. The molecule has 0 bridgehead atoms. The maximum absolute atomic E-state index is 13.0. The molecule has 9 heteroatoms. The summed E-state index contributed by atoms with van der Waals surface area (Å²) < 4.78 is 12.9. The molecule has 1 saturated heterocycles. The number of rotatable bonds is 5. The summed E-state index contributed by atoms with van der Waals surface area (Å²) >= 11 is 0. The fraction of sp³-hybridized carbons (Fsp3) is 0.318. The maximum atomic E-state index is 13.0. The van der Waals surface area contributed by atoms with Gasteiger partial charge in [-0.05, 0) is 37.8 Å². The monoisotopic (exact) mass is 418 g/mol. The molecule has 0 aliphatic carbocycles. The summed E-state index contributed by atoms with van der Waals surface area (Å²) in [5, 5.41) is 0. The summed E-state index contributed by atoms with van der Waals surface area (Å²) in [6.07, 6.45) is 8.94. The Morgan fingerprint density at radius 3 is 2.94 bits per heavy atom. The van der Waals surface area contributed by atoms with E-state index in [1.165, 1.54) is 12.5 Å². The minimum absolute atomic E-state index is 0.0681. The van der Waals surface area contributed by atoms with Crippen LogP contribution in [-0.4, -0.2) is 43.3 Å². The maximum Gasteiger partial charge on any atom is 0.247 e. The zero-order chi connectivity index (χ0) is 21.4. The van der Waals surface area contributed by atoms with Crippen molar-refractivity contribution in [1.82, 2.24) is 24.3 Å². The number of ketones is 1. The summed E-state index contributed by atoms with van der Waals surface area (Å²) in [5.74, 6) is 0.387. The number of aromatic nitrogens is 5. The van der Waals surface area contributed by atoms with Gasteiger partial charge in [0.1, 0.15) is 23.3 Å². The van der Waals surface area contributed by atoms with Gasteiger partial charge in [-0.1, -0.05) is 0 Å². The Bertz CT molecular complexity index is 1240. The topological polar surface area (TPSA) is 121 Å². The molecule has 1 atom stereocenters. The van der Waals surface area contributed by atoms with Gasteiger partial charge in [0.05, 0.1) is 6.20 Å². The van der Waals surface area contributed by atoms with E-state index in [4.69, 9.17) is 14.9 Å². The third-order valence-corrected chi connectivity index (χ3v) is 5.51. The van der Waals surface area contributed by atoms with E-state index in [9.17, 15) is 4.79 Å². The molecule has 4 aromatic rings. The summed E-state index contributed by atoms with van der Waals surface area (Å²) in [6.45, 7) is 3.29. The molecule has 1 aliphatic rings. The van der Waals surface area contributed by atoms with E-state index in [2.05, 4.69) is 19.9 Å². The SMILES string of the molecule is Cc1cnc2ccc(-c3nc(C(=O)CC4CCCOC4)c(N)nc3-c3ncco3)cn12. The lowest BCUT2D eigenvalue weighted by Crippen LogP contribution is -2.21. The Kier molecular flexibility index (Phi) is 4.95. The van der Waals surface area contributed by atoms with E-state index >= 15 is 0 Å². The van der Waals surface area contributed by atoms with Gasteiger partial charge in [0, 0.05) is 43.3 Å². The van der Waals surface area contributed by atoms with Crippen LogP contribution >= 0.6 is 0 Å². The molecule has 0 spiro atoms. The summed E-state index contributed by atoms with van der Waals surface area (Å²) in [5.41, 5.74) is 9.75. The number of nitrogen functional groups attached to an aromatic ring is 1. The molecule has 0 saturated carbocycles. The van der Waals surface area contributed by atoms with Gasteiger partial charge in [-0.25, -0.2) is 19.9 Å². The highest BCUT2D eigenvalue weighted by Crippen LogP contribution is 2.31. The van der Waals surface area contributed by atoms with Crippen LogP contribution in [0.25, 0.3) is 28.5 Å². The van der Waals surface area contributed by atoms with Crippen molar-refractivity contribution in [2.75, 3.05) is 18.9 Å². The Labute approximate surface area is 178 Å². The van der Waals surface area contributed by atoms with E-state index in [1.807, 2.05) is 29.7 Å². The third kappa shape index (κ3) is 3.68. The number of hydrogen-bond acceptors (Lipinski definition) is 8. The van der Waals surface area contributed by atoms with E-state index in [1.54, 1.807) is 6.20 Å². The van der Waals surface area contributed by atoms with Gasteiger partial charge < -0.3 is 19.3 Å². The molecule has 5 rings (SSSR count). The molecule has 0 radical (unpaired) electrons. The molecule has 1 fully saturated rings. The number of nitrogens with zero attached hydrogens (tertiary/aromatic N) is 5. The number of carbonyl (C=O) groups excluding carboxylic acids is 1. The van der Waals surface area contributed by atoms with Crippen molar-refractivity contribution in [1.29, 1.82) is 0 Å². The van der Waals surface area contributed by atoms with Gasteiger partial charge in [0.25, 0.3) is 0 Å². The lowest BCUT2D eigenvalue weighted by Gasteiger charge is -2.21. The van der Waals surface area contributed by atoms with Crippen molar-refractivity contribution in [3.05, 3.63) is 48.4 Å². The van der Waals surface area contributed by atoms with Crippen LogP contribution in [0.2, 0.25) is 0 Å². The van der Waals surface area contributed by atoms with Crippen molar-refractivity contribution < 1.29 is 13.9 Å². The third-order valence-electron chi connectivity index (χ3n) is 5.51. The standard InChI is InChI=1S/C22H22N6O3/c1-13-10-25-17-5-4-15(11-28(13)17)18-20(22-24-6-8-31-22)27-21(23)19(26-18)16(29)9-14-3-2-7-30-12-14/h4-6,8,10-11,14H,2-3,7,9,12H2,1H3,(H2,23,27). The molecule has 2 N–H and O–H groups in total. The number of carbonyl (C=O) groups is 1. The Balaban J connectivity index is 1.60. The summed E-state index contributed by atoms with van der Waals surface area (Å²) in [4.78, 5) is 30.8. The highest BCUT2D eigenvalue weighted by molar-refractivity contribution is 5.99. The van der Waals surface area contributed by atoms with Crippen molar-refractivity contribution in [3.63, 3.8) is 0 Å². The highest BCUT2D eigenvalue weighted by atomic mass is 16.5. The molecular formula is C22H22N6O3. The van der Waals surface area contributed by atoms with Crippen LogP contribution in [0.3, 0.4) is 0 Å². The summed E-state index contributed by atoms with van der Waals surface area (Å²) in [7, 11) is 0. The van der Waals surface area contributed by atoms with Crippen LogP contribution in [0.4, 0.5) is 5.82 Å². The van der Waals surface area contributed by atoms with E-state index in [0.29, 0.717) is 24.4 Å². The first-order chi connectivity index (χ1) is 15.1. The molecule has 31 heavy (non-hydrogen) atoms. The normalized spacial score (nSPS) is 16.6. The number of aryl methyl sites for hydroxylation is 1. The minimum Gasteiger partial charge on any atom is -0.443 e. The minimum atomic E-state index is -0.138. The predicted octanol–water partition coefficient (Wildman–Crippen LogP) is 3.34. The molecule has 0 amide bonds. The number of fused-ring (bicyclic) bond motifs is 1. The Hall–Kier alpha value is -3.59. The lowest BCUT2D eigenvalue weighted by molar-refractivity contribution is 0.0487. The second-order valence-electron chi connectivity index (χ2n) is 7.75. The Morgan fingerprint density at radius 1 is 1.26 bits per heavy atom. The fourth-order valence-electron chi connectivity index (χ4n) is 3.91. The number of Topliss-reactive ketones (excluding diaryl/α,β-unsaturated/α-hetero) is 1. The molecule has 9 nitrogen and oxygen atoms in total. The van der Waals surface area contributed by atoms with Gasteiger partial charge in [-0.3, -0.25) is 4.79 Å². The van der Waals surface area contributed by atoms with Gasteiger partial charge >= 0.3 is 0 Å². The van der Waals surface area contributed by atoms with Crippen molar-refractivity contribution in [2.24, 2.45) is 5.92 Å². The van der Waals surface area contributed by atoms with Crippen molar-refractivity contribution in [2.45, 2.75) is 26.2 Å². The Morgan fingerprint density at radius 2 is 2.16 bits per heavy atom. The number of oxazole rings is 1. The van der Waals surface area contributed by atoms with Crippen LogP contribution in [0.5, 0.6) is 0 Å². The fourth-order valence-corrected chi connectivity index (χ4v) is 3.91. The second kappa shape index (κ2) is 7.92. The second-order valence-corrected chi connectivity index (χ2v) is 7.75. The number of hydrogen-bond donors (Lipinski definition) is 1. The first kappa shape index (κ1) is 19.4. The molecule has 158 valence electrons. The highest BCUT2D eigenvalue weighted by Gasteiger charge is 2.25. The zero-order valence-corrected chi connectivity index (χ0v) is 17.1. The van der Waals surface area contributed by atoms with Crippen molar-refractivity contribution >= 4 is 17.2 Å². The van der Waals surface area contributed by atoms with E-state index in [-0.39, 0.29) is 29.1 Å². The predicted molar refractivity (Wildman–Crippen MR) is 113 cm³/mol. The number of nitrogens with two attached hydrogens (primary N) is 1. The molecule has 1 aliphatic heterocycles. The van der Waals surface area contributed by atoms with Crippen molar-refractivity contribution in [3.8, 4) is 22.8 Å². The van der Waals surface area contributed by atoms with Gasteiger partial charge in [0.15, 0.2) is 17.3 Å².